The van der Waals surface area contributed by atoms with Gasteiger partial charge in [0.1, 0.15) is 0 Å². The maximum atomic E-state index is 11.9. The van der Waals surface area contributed by atoms with Gasteiger partial charge in [-0.15, -0.1) is 0 Å². The molecule has 0 aromatic carbocycles. The topological polar surface area (TPSA) is 79.2 Å². The van der Waals surface area contributed by atoms with Gasteiger partial charge in [-0.1, -0.05) is 13.3 Å². The van der Waals surface area contributed by atoms with Gasteiger partial charge >= 0.3 is 6.03 Å². The molecule has 1 aliphatic rings. The van der Waals surface area contributed by atoms with Crippen molar-refractivity contribution in [3.63, 3.8) is 0 Å². The minimum atomic E-state index is -0.191. The van der Waals surface area contributed by atoms with Crippen LogP contribution >= 0.6 is 0 Å². The molecule has 1 saturated carbocycles. The minimum absolute atomic E-state index is 0.0454. The van der Waals surface area contributed by atoms with E-state index in [1.165, 1.54) is 0 Å². The Morgan fingerprint density at radius 3 is 3.11 bits per heavy atom. The van der Waals surface area contributed by atoms with Gasteiger partial charge in [0.25, 0.3) is 0 Å². The molecule has 106 valence electrons. The number of nitrogens with zero attached hydrogens (tertiary/aromatic N) is 2. The van der Waals surface area contributed by atoms with Gasteiger partial charge in [0.15, 0.2) is 0 Å². The summed E-state index contributed by atoms with van der Waals surface area (Å²) in [6, 6.07) is 1.73. The van der Waals surface area contributed by atoms with Crippen LogP contribution in [0, 0.1) is 5.41 Å². The quantitative estimate of drug-likeness (QED) is 0.753. The van der Waals surface area contributed by atoms with Crippen LogP contribution in [0.15, 0.2) is 12.3 Å². The summed E-state index contributed by atoms with van der Waals surface area (Å²) in [6.45, 7) is 2.58. The lowest BCUT2D eigenvalue weighted by molar-refractivity contribution is 0.121. The number of aryl methyl sites for hydroxylation is 1. The van der Waals surface area contributed by atoms with Crippen molar-refractivity contribution in [1.29, 1.82) is 0 Å². The van der Waals surface area contributed by atoms with Crippen LogP contribution in [0.5, 0.6) is 0 Å². The lowest BCUT2D eigenvalue weighted by Crippen LogP contribution is -2.48. The highest BCUT2D eigenvalue weighted by molar-refractivity contribution is 5.74. The van der Waals surface area contributed by atoms with Crippen molar-refractivity contribution in [3.8, 4) is 0 Å². The van der Waals surface area contributed by atoms with Crippen molar-refractivity contribution >= 4 is 6.03 Å². The molecule has 1 fully saturated rings. The Morgan fingerprint density at radius 2 is 2.47 bits per heavy atom. The second-order valence-corrected chi connectivity index (χ2v) is 5.53. The Labute approximate surface area is 113 Å². The molecule has 6 nitrogen and oxygen atoms in total. The van der Waals surface area contributed by atoms with Gasteiger partial charge in [-0.05, 0) is 18.9 Å². The zero-order valence-electron chi connectivity index (χ0n) is 11.5. The molecule has 1 heterocycles. The molecule has 2 atom stereocenters. The molecule has 2 unspecified atom stereocenters. The van der Waals surface area contributed by atoms with E-state index >= 15 is 0 Å². The van der Waals surface area contributed by atoms with Crippen molar-refractivity contribution < 1.29 is 9.90 Å². The zero-order chi connectivity index (χ0) is 13.9. The molecular formula is C13H22N4O2. The van der Waals surface area contributed by atoms with E-state index in [2.05, 4.69) is 15.7 Å². The molecule has 1 aromatic rings. The molecule has 0 spiro atoms. The van der Waals surface area contributed by atoms with Crippen molar-refractivity contribution in [2.24, 2.45) is 12.5 Å². The van der Waals surface area contributed by atoms with E-state index in [1.807, 2.05) is 20.0 Å². The van der Waals surface area contributed by atoms with Crippen LogP contribution in [0.1, 0.15) is 31.9 Å². The fourth-order valence-electron chi connectivity index (χ4n) is 2.62. The number of hydrogen-bond acceptors (Lipinski definition) is 3. The summed E-state index contributed by atoms with van der Waals surface area (Å²) < 4.78 is 1.73. The molecule has 0 bridgehead atoms. The molecule has 0 aliphatic heterocycles. The summed E-state index contributed by atoms with van der Waals surface area (Å²) in [5.74, 6) is 0. The molecule has 3 N–H and O–H groups in total. The molecule has 0 radical (unpaired) electrons. The molecule has 0 saturated heterocycles. The second-order valence-electron chi connectivity index (χ2n) is 5.53. The summed E-state index contributed by atoms with van der Waals surface area (Å²) in [5.41, 5.74) is 0.760. The normalized spacial score (nSPS) is 26.4. The summed E-state index contributed by atoms with van der Waals surface area (Å²) in [5, 5.41) is 19.3. The van der Waals surface area contributed by atoms with E-state index in [0.717, 1.165) is 25.0 Å². The second kappa shape index (κ2) is 5.61. The highest BCUT2D eigenvalue weighted by Crippen LogP contribution is 2.37. The number of aliphatic hydroxyl groups excluding tert-OH is 1. The van der Waals surface area contributed by atoms with Gasteiger partial charge < -0.3 is 15.7 Å². The predicted molar refractivity (Wildman–Crippen MR) is 71.4 cm³/mol. The Morgan fingerprint density at radius 1 is 1.68 bits per heavy atom. The summed E-state index contributed by atoms with van der Waals surface area (Å²) in [4.78, 5) is 11.9. The first kappa shape index (κ1) is 13.9. The number of aliphatic hydroxyl groups is 1. The van der Waals surface area contributed by atoms with Crippen LogP contribution in [-0.2, 0) is 13.6 Å². The Balaban J connectivity index is 1.83. The van der Waals surface area contributed by atoms with Gasteiger partial charge in [-0.2, -0.15) is 5.10 Å². The summed E-state index contributed by atoms with van der Waals surface area (Å²) in [7, 11) is 1.84. The summed E-state index contributed by atoms with van der Waals surface area (Å²) in [6.07, 6.45) is 4.63. The van der Waals surface area contributed by atoms with Crippen LogP contribution in [0.3, 0.4) is 0 Å². The number of amides is 2. The van der Waals surface area contributed by atoms with Crippen molar-refractivity contribution in [2.75, 3.05) is 6.61 Å². The number of carbonyl (C=O) groups excluding carboxylic acids is 1. The Kier molecular flexibility index (Phi) is 4.09. The monoisotopic (exact) mass is 266 g/mol. The first-order valence-corrected chi connectivity index (χ1v) is 6.67. The molecule has 19 heavy (non-hydrogen) atoms. The zero-order valence-corrected chi connectivity index (χ0v) is 11.5. The van der Waals surface area contributed by atoms with Crippen LogP contribution in [0.25, 0.3) is 0 Å². The van der Waals surface area contributed by atoms with Crippen LogP contribution in [-0.4, -0.2) is 33.6 Å². The molecule has 2 rings (SSSR count). The minimum Gasteiger partial charge on any atom is -0.396 e. The molecule has 1 aromatic heterocycles. The van der Waals surface area contributed by atoms with E-state index in [-0.39, 0.29) is 24.1 Å². The number of carbonyl (C=O) groups is 1. The van der Waals surface area contributed by atoms with E-state index in [4.69, 9.17) is 0 Å². The van der Waals surface area contributed by atoms with Crippen molar-refractivity contribution in [3.05, 3.63) is 18.0 Å². The van der Waals surface area contributed by atoms with Crippen LogP contribution in [0.4, 0.5) is 4.79 Å². The van der Waals surface area contributed by atoms with Crippen LogP contribution < -0.4 is 10.6 Å². The average Bonchev–Trinajstić information content (AvgIpc) is 2.95. The van der Waals surface area contributed by atoms with Gasteiger partial charge in [0.2, 0.25) is 0 Å². The fourth-order valence-corrected chi connectivity index (χ4v) is 2.62. The van der Waals surface area contributed by atoms with E-state index in [1.54, 1.807) is 10.9 Å². The molecule has 1 aliphatic carbocycles. The lowest BCUT2D eigenvalue weighted by atomic mass is 9.86. The number of urea groups is 1. The van der Waals surface area contributed by atoms with E-state index < -0.39 is 0 Å². The lowest BCUT2D eigenvalue weighted by Gasteiger charge is -2.30. The van der Waals surface area contributed by atoms with E-state index in [9.17, 15) is 9.90 Å². The Bertz CT molecular complexity index is 446. The molecular weight excluding hydrogens is 244 g/mol. The van der Waals surface area contributed by atoms with Gasteiger partial charge in [0, 0.05) is 24.7 Å². The number of nitrogens with one attached hydrogen (secondary N) is 2. The largest absolute Gasteiger partial charge is 0.396 e. The van der Waals surface area contributed by atoms with Gasteiger partial charge in [0.05, 0.1) is 18.8 Å². The third kappa shape index (κ3) is 3.07. The average molecular weight is 266 g/mol. The number of hydrogen-bond donors (Lipinski definition) is 3. The SMILES string of the molecule is Cn1nccc1CNC(=O)NC1CCCC1(C)CO. The van der Waals surface area contributed by atoms with Crippen LogP contribution in [0.2, 0.25) is 0 Å². The molecule has 6 heteroatoms. The third-order valence-electron chi connectivity index (χ3n) is 4.10. The first-order valence-electron chi connectivity index (χ1n) is 6.67. The first-order chi connectivity index (χ1) is 9.05. The standard InChI is InChI=1S/C13H22N4O2/c1-13(9-18)6-3-4-11(13)16-12(19)14-8-10-5-7-15-17(10)2/h5,7,11,18H,3-4,6,8-9H2,1-2H3,(H2,14,16,19). The maximum Gasteiger partial charge on any atom is 0.315 e. The predicted octanol–water partition coefficient (Wildman–Crippen LogP) is 0.770. The summed E-state index contributed by atoms with van der Waals surface area (Å²) >= 11 is 0. The number of rotatable bonds is 4. The maximum absolute atomic E-state index is 11.9. The van der Waals surface area contributed by atoms with Gasteiger partial charge in [-0.25, -0.2) is 4.79 Å². The highest BCUT2D eigenvalue weighted by atomic mass is 16.3. The van der Waals surface area contributed by atoms with Gasteiger partial charge in [-0.3, -0.25) is 4.68 Å². The highest BCUT2D eigenvalue weighted by Gasteiger charge is 2.39. The Hall–Kier alpha value is -1.56. The number of aromatic nitrogens is 2. The smallest absolute Gasteiger partial charge is 0.315 e. The van der Waals surface area contributed by atoms with E-state index in [0.29, 0.717) is 6.54 Å². The molecule has 2 amide bonds. The third-order valence-corrected chi connectivity index (χ3v) is 4.10. The fraction of sp³-hybridized carbons (Fsp3) is 0.692. The van der Waals surface area contributed by atoms with Crippen molar-refractivity contribution in [1.82, 2.24) is 20.4 Å². The van der Waals surface area contributed by atoms with Crippen molar-refractivity contribution in [2.45, 2.75) is 38.8 Å².